The number of aliphatic hydroxyl groups excluding tert-OH is 1. The van der Waals surface area contributed by atoms with Crippen LogP contribution < -0.4 is 0 Å². The van der Waals surface area contributed by atoms with E-state index in [1.165, 1.54) is 0 Å². The van der Waals surface area contributed by atoms with Crippen LogP contribution in [0.1, 0.15) is 31.9 Å². The van der Waals surface area contributed by atoms with Crippen LogP contribution in [0.4, 0.5) is 0 Å². The van der Waals surface area contributed by atoms with Crippen LogP contribution in [0.25, 0.3) is 0 Å². The lowest BCUT2D eigenvalue weighted by atomic mass is 10.1. The van der Waals surface area contributed by atoms with Gasteiger partial charge in [0, 0.05) is 13.6 Å². The van der Waals surface area contributed by atoms with E-state index >= 15 is 0 Å². The molecule has 0 heterocycles. The first-order valence-electron chi connectivity index (χ1n) is 7.24. The van der Waals surface area contributed by atoms with Gasteiger partial charge in [0.2, 0.25) is 5.91 Å². The second-order valence-electron chi connectivity index (χ2n) is 5.09. The van der Waals surface area contributed by atoms with Gasteiger partial charge >= 0.3 is 0 Å². The highest BCUT2D eigenvalue weighted by molar-refractivity contribution is 5.78. The highest BCUT2D eigenvalue weighted by atomic mass is 16.3. The first-order valence-corrected chi connectivity index (χ1v) is 7.24. The molecule has 0 saturated heterocycles. The van der Waals surface area contributed by atoms with Gasteiger partial charge in [0.1, 0.15) is 0 Å². The minimum atomic E-state index is 0.0568. The molecular weight excluding hydrogens is 252 g/mol. The molecule has 1 aromatic rings. The number of carbonyl (C=O) groups is 1. The summed E-state index contributed by atoms with van der Waals surface area (Å²) in [4.78, 5) is 16.1. The summed E-state index contributed by atoms with van der Waals surface area (Å²) in [6, 6.07) is 10.1. The lowest BCUT2D eigenvalue weighted by Crippen LogP contribution is -2.40. The van der Waals surface area contributed by atoms with Crippen molar-refractivity contribution in [3.05, 3.63) is 35.9 Å². The molecule has 0 aliphatic rings. The fraction of sp³-hybridized carbons (Fsp3) is 0.562. The van der Waals surface area contributed by atoms with Gasteiger partial charge in [-0.1, -0.05) is 37.3 Å². The van der Waals surface area contributed by atoms with Crippen molar-refractivity contribution in [1.82, 2.24) is 9.80 Å². The van der Waals surface area contributed by atoms with Crippen molar-refractivity contribution in [1.29, 1.82) is 0 Å². The van der Waals surface area contributed by atoms with Crippen LogP contribution >= 0.6 is 0 Å². The van der Waals surface area contributed by atoms with Crippen LogP contribution in [0, 0.1) is 0 Å². The predicted molar refractivity (Wildman–Crippen MR) is 81.4 cm³/mol. The Hall–Kier alpha value is -1.39. The van der Waals surface area contributed by atoms with E-state index in [9.17, 15) is 4.79 Å². The third-order valence-electron chi connectivity index (χ3n) is 3.57. The van der Waals surface area contributed by atoms with Crippen molar-refractivity contribution >= 4 is 5.91 Å². The van der Waals surface area contributed by atoms with Gasteiger partial charge in [-0.25, -0.2) is 0 Å². The summed E-state index contributed by atoms with van der Waals surface area (Å²) >= 11 is 0. The van der Waals surface area contributed by atoms with Gasteiger partial charge in [0.25, 0.3) is 0 Å². The largest absolute Gasteiger partial charge is 0.395 e. The number of likely N-dealkylation sites (N-methyl/N-ethyl adjacent to an activating group) is 1. The molecule has 0 aliphatic heterocycles. The zero-order chi connectivity index (χ0) is 15.0. The van der Waals surface area contributed by atoms with Crippen molar-refractivity contribution in [3.8, 4) is 0 Å². The minimum Gasteiger partial charge on any atom is -0.395 e. The van der Waals surface area contributed by atoms with E-state index in [-0.39, 0.29) is 18.6 Å². The molecule has 1 unspecified atom stereocenters. The molecule has 20 heavy (non-hydrogen) atoms. The van der Waals surface area contributed by atoms with Gasteiger partial charge in [-0.2, -0.15) is 0 Å². The fourth-order valence-corrected chi connectivity index (χ4v) is 2.20. The Labute approximate surface area is 122 Å². The molecule has 0 bridgehead atoms. The van der Waals surface area contributed by atoms with Gasteiger partial charge in [-0.15, -0.1) is 0 Å². The average Bonchev–Trinajstić information content (AvgIpc) is 2.47. The monoisotopic (exact) mass is 278 g/mol. The number of aliphatic hydroxyl groups is 1. The summed E-state index contributed by atoms with van der Waals surface area (Å²) in [7, 11) is 1.84. The Balaban J connectivity index is 2.61. The Bertz CT molecular complexity index is 389. The van der Waals surface area contributed by atoms with E-state index in [1.54, 1.807) is 4.90 Å². The molecule has 1 N–H and O–H groups in total. The van der Waals surface area contributed by atoms with Crippen LogP contribution in [0.15, 0.2) is 30.3 Å². The molecule has 0 aromatic heterocycles. The number of hydrogen-bond acceptors (Lipinski definition) is 3. The van der Waals surface area contributed by atoms with E-state index in [2.05, 4.69) is 6.92 Å². The Morgan fingerprint density at radius 3 is 2.45 bits per heavy atom. The van der Waals surface area contributed by atoms with Gasteiger partial charge in [-0.05, 0) is 25.5 Å². The molecule has 1 atom stereocenters. The van der Waals surface area contributed by atoms with E-state index in [0.717, 1.165) is 18.5 Å². The molecule has 4 heteroatoms. The van der Waals surface area contributed by atoms with Crippen molar-refractivity contribution in [2.24, 2.45) is 0 Å². The smallest absolute Gasteiger partial charge is 0.236 e. The number of hydrogen-bond donors (Lipinski definition) is 1. The van der Waals surface area contributed by atoms with Crippen molar-refractivity contribution in [2.75, 3.05) is 33.3 Å². The third kappa shape index (κ3) is 4.94. The van der Waals surface area contributed by atoms with Gasteiger partial charge in [0.05, 0.1) is 19.2 Å². The number of carbonyl (C=O) groups excluding carboxylic acids is 1. The SMILES string of the molecule is CCCN(CCO)CC(=O)N(C)C(C)c1ccccc1. The van der Waals surface area contributed by atoms with Gasteiger partial charge in [0.15, 0.2) is 0 Å². The van der Waals surface area contributed by atoms with Crippen molar-refractivity contribution < 1.29 is 9.90 Å². The first-order chi connectivity index (χ1) is 9.60. The minimum absolute atomic E-state index is 0.0568. The van der Waals surface area contributed by atoms with Gasteiger partial charge in [-0.3, -0.25) is 9.69 Å². The molecule has 1 aromatic carbocycles. The highest BCUT2D eigenvalue weighted by Gasteiger charge is 2.19. The second kappa shape index (κ2) is 8.72. The van der Waals surface area contributed by atoms with Crippen molar-refractivity contribution in [3.63, 3.8) is 0 Å². The molecule has 4 nitrogen and oxygen atoms in total. The van der Waals surface area contributed by atoms with Crippen LogP contribution in [0.2, 0.25) is 0 Å². The molecule has 1 rings (SSSR count). The third-order valence-corrected chi connectivity index (χ3v) is 3.57. The van der Waals surface area contributed by atoms with Crippen LogP contribution in [0.3, 0.4) is 0 Å². The van der Waals surface area contributed by atoms with E-state index < -0.39 is 0 Å². The Morgan fingerprint density at radius 2 is 1.90 bits per heavy atom. The Morgan fingerprint density at radius 1 is 1.25 bits per heavy atom. The molecular formula is C16H26N2O2. The molecule has 112 valence electrons. The van der Waals surface area contributed by atoms with Crippen LogP contribution in [0.5, 0.6) is 0 Å². The first kappa shape index (κ1) is 16.7. The van der Waals surface area contributed by atoms with E-state index in [4.69, 9.17) is 5.11 Å². The lowest BCUT2D eigenvalue weighted by molar-refractivity contribution is -0.133. The van der Waals surface area contributed by atoms with E-state index in [0.29, 0.717) is 13.1 Å². The highest BCUT2D eigenvalue weighted by Crippen LogP contribution is 2.18. The molecule has 0 fully saturated rings. The summed E-state index contributed by atoms with van der Waals surface area (Å²) in [5.41, 5.74) is 1.13. The summed E-state index contributed by atoms with van der Waals surface area (Å²) in [6.45, 7) is 5.94. The maximum atomic E-state index is 12.3. The Kier molecular flexibility index (Phi) is 7.26. The summed E-state index contributed by atoms with van der Waals surface area (Å²) < 4.78 is 0. The van der Waals surface area contributed by atoms with Crippen LogP contribution in [-0.2, 0) is 4.79 Å². The molecule has 0 radical (unpaired) electrons. The van der Waals surface area contributed by atoms with E-state index in [1.807, 2.05) is 49.2 Å². The predicted octanol–water partition coefficient (Wildman–Crippen LogP) is 1.91. The summed E-state index contributed by atoms with van der Waals surface area (Å²) in [5, 5.41) is 9.04. The maximum absolute atomic E-state index is 12.3. The van der Waals surface area contributed by atoms with Crippen LogP contribution in [-0.4, -0.2) is 54.1 Å². The van der Waals surface area contributed by atoms with Gasteiger partial charge < -0.3 is 10.0 Å². The maximum Gasteiger partial charge on any atom is 0.236 e. The number of benzene rings is 1. The molecule has 1 amide bonds. The molecule has 0 spiro atoms. The van der Waals surface area contributed by atoms with Crippen molar-refractivity contribution in [2.45, 2.75) is 26.3 Å². The second-order valence-corrected chi connectivity index (χ2v) is 5.09. The quantitative estimate of drug-likeness (QED) is 0.790. The molecule has 0 aliphatic carbocycles. The fourth-order valence-electron chi connectivity index (χ4n) is 2.20. The summed E-state index contributed by atoms with van der Waals surface area (Å²) in [5.74, 6) is 0.0863. The number of rotatable bonds is 8. The summed E-state index contributed by atoms with van der Waals surface area (Å²) in [6.07, 6.45) is 0.977. The lowest BCUT2D eigenvalue weighted by Gasteiger charge is -2.28. The topological polar surface area (TPSA) is 43.8 Å². The average molecular weight is 278 g/mol. The number of nitrogens with zero attached hydrogens (tertiary/aromatic N) is 2. The normalized spacial score (nSPS) is 12.4. The zero-order valence-corrected chi connectivity index (χ0v) is 12.7. The zero-order valence-electron chi connectivity index (χ0n) is 12.7. The standard InChI is InChI=1S/C16H26N2O2/c1-4-10-18(11-12-19)13-16(20)17(3)14(2)15-8-6-5-7-9-15/h5-9,14,19H,4,10-13H2,1-3H3. The molecule has 0 saturated carbocycles. The number of amides is 1.